The Morgan fingerprint density at radius 3 is 2.74 bits per heavy atom. The molecule has 120 valence electrons. The van der Waals surface area contributed by atoms with Crippen LogP contribution in [0.2, 0.25) is 0 Å². The maximum atomic E-state index is 5.46. The van der Waals surface area contributed by atoms with Gasteiger partial charge in [-0.25, -0.2) is 4.98 Å². The van der Waals surface area contributed by atoms with Gasteiger partial charge in [0, 0.05) is 17.1 Å². The Morgan fingerprint density at radius 1 is 1.26 bits per heavy atom. The molecular formula is C17H20N4OS. The summed E-state index contributed by atoms with van der Waals surface area (Å²) >= 11 is 1.74. The van der Waals surface area contributed by atoms with Crippen LogP contribution < -0.4 is 0 Å². The molecule has 3 aromatic heterocycles. The predicted molar refractivity (Wildman–Crippen MR) is 91.2 cm³/mol. The van der Waals surface area contributed by atoms with Gasteiger partial charge in [-0.3, -0.25) is 9.88 Å². The molecule has 0 fully saturated rings. The van der Waals surface area contributed by atoms with E-state index in [1.54, 1.807) is 17.5 Å². The monoisotopic (exact) mass is 328 g/mol. The molecule has 0 amide bonds. The van der Waals surface area contributed by atoms with E-state index in [1.165, 1.54) is 4.88 Å². The van der Waals surface area contributed by atoms with Gasteiger partial charge in [-0.15, -0.1) is 11.3 Å². The van der Waals surface area contributed by atoms with E-state index in [2.05, 4.69) is 40.9 Å². The van der Waals surface area contributed by atoms with Crippen LogP contribution in [0.25, 0.3) is 11.4 Å². The highest BCUT2D eigenvalue weighted by atomic mass is 32.1. The van der Waals surface area contributed by atoms with E-state index in [0.717, 1.165) is 27.8 Å². The first-order valence-electron chi connectivity index (χ1n) is 7.55. The molecule has 0 radical (unpaired) electrons. The zero-order valence-electron chi connectivity index (χ0n) is 13.8. The molecule has 1 atom stereocenters. The third-order valence-corrected chi connectivity index (χ3v) is 4.79. The predicted octanol–water partition coefficient (Wildman–Crippen LogP) is 4.00. The van der Waals surface area contributed by atoms with Crippen LogP contribution in [0.3, 0.4) is 0 Å². The fourth-order valence-corrected chi connectivity index (χ4v) is 3.45. The fourth-order valence-electron chi connectivity index (χ4n) is 2.55. The van der Waals surface area contributed by atoms with Crippen molar-refractivity contribution in [1.82, 2.24) is 20.0 Å². The summed E-state index contributed by atoms with van der Waals surface area (Å²) in [6.45, 7) is 7.01. The van der Waals surface area contributed by atoms with Gasteiger partial charge in [0.1, 0.15) is 5.69 Å². The van der Waals surface area contributed by atoms with E-state index in [0.29, 0.717) is 6.54 Å². The molecule has 0 N–H and O–H groups in total. The first-order chi connectivity index (χ1) is 11.0. The number of pyridine rings is 1. The minimum atomic E-state index is 0.225. The van der Waals surface area contributed by atoms with Crippen molar-refractivity contribution in [2.45, 2.75) is 33.4 Å². The standard InChI is InChI=1S/C17H20N4OS/c1-11(17-12(2)23-13(3)19-17)21(4)10-14-9-16(20-22-14)15-7-5-6-8-18-15/h5-9,11H,10H2,1-4H3. The molecule has 0 aliphatic heterocycles. The molecular weight excluding hydrogens is 308 g/mol. The maximum absolute atomic E-state index is 5.46. The first-order valence-corrected chi connectivity index (χ1v) is 8.37. The molecule has 0 aromatic carbocycles. The summed E-state index contributed by atoms with van der Waals surface area (Å²) in [4.78, 5) is 12.4. The molecule has 0 spiro atoms. The lowest BCUT2D eigenvalue weighted by atomic mass is 10.2. The summed E-state index contributed by atoms with van der Waals surface area (Å²) in [5.74, 6) is 0.824. The molecule has 3 aromatic rings. The molecule has 0 aliphatic carbocycles. The number of hydrogen-bond donors (Lipinski definition) is 0. The number of nitrogens with zero attached hydrogens (tertiary/aromatic N) is 4. The van der Waals surface area contributed by atoms with E-state index in [9.17, 15) is 0 Å². The van der Waals surface area contributed by atoms with Crippen LogP contribution in [0.1, 0.15) is 34.3 Å². The minimum absolute atomic E-state index is 0.225. The Kier molecular flexibility index (Phi) is 4.54. The van der Waals surface area contributed by atoms with Crippen molar-refractivity contribution in [3.63, 3.8) is 0 Å². The van der Waals surface area contributed by atoms with Gasteiger partial charge in [0.05, 0.1) is 29.0 Å². The highest BCUT2D eigenvalue weighted by Crippen LogP contribution is 2.27. The van der Waals surface area contributed by atoms with Crippen LogP contribution in [0.15, 0.2) is 35.0 Å². The van der Waals surface area contributed by atoms with Crippen LogP contribution in [0.4, 0.5) is 0 Å². The first kappa shape index (κ1) is 15.8. The Labute approximate surface area is 140 Å². The van der Waals surface area contributed by atoms with Crippen LogP contribution >= 0.6 is 11.3 Å². The van der Waals surface area contributed by atoms with E-state index >= 15 is 0 Å². The normalized spacial score (nSPS) is 12.7. The number of thiazole rings is 1. The topological polar surface area (TPSA) is 55.1 Å². The quantitative estimate of drug-likeness (QED) is 0.708. The second kappa shape index (κ2) is 6.60. The molecule has 0 saturated heterocycles. The average molecular weight is 328 g/mol. The zero-order valence-corrected chi connectivity index (χ0v) is 14.6. The molecule has 5 nitrogen and oxygen atoms in total. The van der Waals surface area contributed by atoms with E-state index in [4.69, 9.17) is 4.52 Å². The van der Waals surface area contributed by atoms with Crippen molar-refractivity contribution in [3.05, 3.63) is 51.8 Å². The molecule has 1 unspecified atom stereocenters. The van der Waals surface area contributed by atoms with Crippen molar-refractivity contribution < 1.29 is 4.52 Å². The van der Waals surface area contributed by atoms with Crippen molar-refractivity contribution in [2.75, 3.05) is 7.05 Å². The lowest BCUT2D eigenvalue weighted by Gasteiger charge is -2.22. The number of hydrogen-bond acceptors (Lipinski definition) is 6. The van der Waals surface area contributed by atoms with Crippen LogP contribution in [0.5, 0.6) is 0 Å². The van der Waals surface area contributed by atoms with E-state index < -0.39 is 0 Å². The minimum Gasteiger partial charge on any atom is -0.359 e. The van der Waals surface area contributed by atoms with Crippen molar-refractivity contribution >= 4 is 11.3 Å². The second-order valence-corrected chi connectivity index (χ2v) is 7.07. The lowest BCUT2D eigenvalue weighted by molar-refractivity contribution is 0.218. The Bertz CT molecular complexity index is 781. The lowest BCUT2D eigenvalue weighted by Crippen LogP contribution is -2.22. The zero-order chi connectivity index (χ0) is 16.4. The molecule has 23 heavy (non-hydrogen) atoms. The number of aryl methyl sites for hydroxylation is 2. The van der Waals surface area contributed by atoms with Crippen LogP contribution in [-0.2, 0) is 6.54 Å². The molecule has 0 aliphatic rings. The van der Waals surface area contributed by atoms with Gasteiger partial charge in [0.2, 0.25) is 0 Å². The summed E-state index contributed by atoms with van der Waals surface area (Å²) < 4.78 is 5.46. The molecule has 6 heteroatoms. The third kappa shape index (κ3) is 3.48. The highest BCUT2D eigenvalue weighted by Gasteiger charge is 2.19. The number of rotatable bonds is 5. The van der Waals surface area contributed by atoms with Gasteiger partial charge < -0.3 is 4.52 Å². The van der Waals surface area contributed by atoms with Gasteiger partial charge in [-0.2, -0.15) is 0 Å². The van der Waals surface area contributed by atoms with Gasteiger partial charge in [-0.1, -0.05) is 11.2 Å². The highest BCUT2D eigenvalue weighted by molar-refractivity contribution is 7.11. The summed E-state index contributed by atoms with van der Waals surface area (Å²) in [6.07, 6.45) is 1.76. The molecule has 3 rings (SSSR count). The smallest absolute Gasteiger partial charge is 0.151 e. The van der Waals surface area contributed by atoms with Crippen molar-refractivity contribution in [2.24, 2.45) is 0 Å². The maximum Gasteiger partial charge on any atom is 0.151 e. The Morgan fingerprint density at radius 2 is 2.09 bits per heavy atom. The van der Waals surface area contributed by atoms with Crippen LogP contribution in [-0.4, -0.2) is 27.1 Å². The SMILES string of the molecule is Cc1nc(C(C)N(C)Cc2cc(-c3ccccn3)no2)c(C)s1. The molecule has 0 saturated carbocycles. The average Bonchev–Trinajstić information content (AvgIpc) is 3.13. The summed E-state index contributed by atoms with van der Waals surface area (Å²) in [5, 5.41) is 5.22. The fraction of sp³-hybridized carbons (Fsp3) is 0.353. The van der Waals surface area contributed by atoms with Crippen molar-refractivity contribution in [1.29, 1.82) is 0 Å². The Hall–Kier alpha value is -2.05. The summed E-state index contributed by atoms with van der Waals surface area (Å²) in [7, 11) is 2.07. The molecule has 3 heterocycles. The summed E-state index contributed by atoms with van der Waals surface area (Å²) in [6, 6.07) is 7.93. The van der Waals surface area contributed by atoms with E-state index in [-0.39, 0.29) is 6.04 Å². The largest absolute Gasteiger partial charge is 0.359 e. The van der Waals surface area contributed by atoms with Crippen molar-refractivity contribution in [3.8, 4) is 11.4 Å². The Balaban J connectivity index is 1.72. The van der Waals surface area contributed by atoms with Gasteiger partial charge >= 0.3 is 0 Å². The number of aromatic nitrogens is 3. The molecule has 0 bridgehead atoms. The van der Waals surface area contributed by atoms with Gasteiger partial charge in [-0.05, 0) is 40.0 Å². The van der Waals surface area contributed by atoms with Gasteiger partial charge in [0.25, 0.3) is 0 Å². The van der Waals surface area contributed by atoms with E-state index in [1.807, 2.05) is 31.2 Å². The van der Waals surface area contributed by atoms with Crippen LogP contribution in [0, 0.1) is 13.8 Å². The third-order valence-electron chi connectivity index (χ3n) is 3.89. The summed E-state index contributed by atoms with van der Waals surface area (Å²) in [5.41, 5.74) is 2.73. The second-order valence-electron chi connectivity index (χ2n) is 5.66. The van der Waals surface area contributed by atoms with Gasteiger partial charge in [0.15, 0.2) is 5.76 Å².